The smallest absolute Gasteiger partial charge is 0.255 e. The molecule has 0 spiro atoms. The molecule has 1 aliphatic heterocycles. The van der Waals surface area contributed by atoms with Crippen LogP contribution in [0.3, 0.4) is 0 Å². The average molecular weight is 303 g/mol. The number of rotatable bonds is 2. The number of nitrogens with two attached hydrogens (primary N) is 1. The fourth-order valence-electron chi connectivity index (χ4n) is 2.31. The van der Waals surface area contributed by atoms with Crippen molar-refractivity contribution >= 4 is 21.4 Å². The van der Waals surface area contributed by atoms with E-state index in [-0.39, 0.29) is 22.1 Å². The molecule has 1 aliphatic rings. The molecule has 0 aliphatic carbocycles. The summed E-state index contributed by atoms with van der Waals surface area (Å²) in [5.74, 6) is -0.489. The van der Waals surface area contributed by atoms with Gasteiger partial charge in [0.1, 0.15) is 0 Å². The molecule has 7 heteroatoms. The van der Waals surface area contributed by atoms with E-state index in [1.807, 2.05) is 0 Å². The molecule has 0 bridgehead atoms. The van der Waals surface area contributed by atoms with E-state index >= 15 is 0 Å². The summed E-state index contributed by atoms with van der Waals surface area (Å²) in [4.78, 5) is 16.2. The highest BCUT2D eigenvalue weighted by molar-refractivity contribution is 7.91. The zero-order valence-corrected chi connectivity index (χ0v) is 11.8. The normalized spacial score (nSPS) is 19.0. The lowest BCUT2D eigenvalue weighted by molar-refractivity contribution is 0.102. The first-order valence-corrected chi connectivity index (χ1v) is 7.96. The lowest BCUT2D eigenvalue weighted by Crippen LogP contribution is -2.12. The van der Waals surface area contributed by atoms with Crippen molar-refractivity contribution in [2.24, 2.45) is 5.73 Å². The van der Waals surface area contributed by atoms with Gasteiger partial charge in [-0.05, 0) is 29.8 Å². The molecule has 1 aromatic carbocycles. The fraction of sp³-hybridized carbons (Fsp3) is 0.143. The SMILES string of the molecule is N[C@H]1CS(=O)(=O)c2cc(C(=O)Nc3ccncc3)ccc21. The molecule has 2 heterocycles. The monoisotopic (exact) mass is 303 g/mol. The number of sulfone groups is 1. The van der Waals surface area contributed by atoms with Gasteiger partial charge in [-0.25, -0.2) is 8.42 Å². The summed E-state index contributed by atoms with van der Waals surface area (Å²) in [6.07, 6.45) is 3.11. The Kier molecular flexibility index (Phi) is 3.23. The zero-order valence-electron chi connectivity index (χ0n) is 11.0. The summed E-state index contributed by atoms with van der Waals surface area (Å²) in [6, 6.07) is 7.34. The van der Waals surface area contributed by atoms with Gasteiger partial charge in [-0.2, -0.15) is 0 Å². The lowest BCUT2D eigenvalue weighted by atomic mass is 10.1. The van der Waals surface area contributed by atoms with Crippen molar-refractivity contribution in [3.05, 3.63) is 53.9 Å². The number of nitrogens with one attached hydrogen (secondary N) is 1. The third-order valence-corrected chi connectivity index (χ3v) is 5.17. The lowest BCUT2D eigenvalue weighted by Gasteiger charge is -2.07. The van der Waals surface area contributed by atoms with E-state index < -0.39 is 15.9 Å². The van der Waals surface area contributed by atoms with Gasteiger partial charge >= 0.3 is 0 Å². The molecule has 3 N–H and O–H groups in total. The van der Waals surface area contributed by atoms with Crippen LogP contribution in [-0.2, 0) is 9.84 Å². The summed E-state index contributed by atoms with van der Waals surface area (Å²) in [5, 5.41) is 2.68. The second-order valence-electron chi connectivity index (χ2n) is 4.83. The van der Waals surface area contributed by atoms with Gasteiger partial charge in [-0.3, -0.25) is 9.78 Å². The molecule has 21 heavy (non-hydrogen) atoms. The number of carbonyl (C=O) groups is 1. The van der Waals surface area contributed by atoms with Crippen LogP contribution in [-0.4, -0.2) is 25.1 Å². The molecule has 3 rings (SSSR count). The van der Waals surface area contributed by atoms with Crippen molar-refractivity contribution in [3.63, 3.8) is 0 Å². The van der Waals surface area contributed by atoms with Gasteiger partial charge in [0.2, 0.25) is 0 Å². The van der Waals surface area contributed by atoms with Crippen LogP contribution in [0.1, 0.15) is 22.0 Å². The van der Waals surface area contributed by atoms with Gasteiger partial charge in [0.15, 0.2) is 9.84 Å². The number of hydrogen-bond donors (Lipinski definition) is 2. The maximum Gasteiger partial charge on any atom is 0.255 e. The van der Waals surface area contributed by atoms with Crippen molar-refractivity contribution < 1.29 is 13.2 Å². The number of nitrogens with zero attached hydrogens (tertiary/aromatic N) is 1. The third-order valence-electron chi connectivity index (χ3n) is 3.35. The number of benzene rings is 1. The Morgan fingerprint density at radius 1 is 1.24 bits per heavy atom. The predicted molar refractivity (Wildman–Crippen MR) is 77.6 cm³/mol. The quantitative estimate of drug-likeness (QED) is 0.865. The Bertz CT molecular complexity index is 803. The number of carbonyl (C=O) groups excluding carboxylic acids is 1. The van der Waals surface area contributed by atoms with Gasteiger partial charge < -0.3 is 11.1 Å². The van der Waals surface area contributed by atoms with E-state index in [0.717, 1.165) is 0 Å². The van der Waals surface area contributed by atoms with Crippen molar-refractivity contribution in [1.82, 2.24) is 4.98 Å². The second kappa shape index (κ2) is 4.94. The molecule has 0 unspecified atom stereocenters. The molecule has 2 aromatic rings. The fourth-order valence-corrected chi connectivity index (χ4v) is 4.02. The minimum absolute atomic E-state index is 0.113. The number of pyridine rings is 1. The van der Waals surface area contributed by atoms with E-state index in [1.165, 1.54) is 6.07 Å². The van der Waals surface area contributed by atoms with Gasteiger partial charge in [-0.1, -0.05) is 6.07 Å². The maximum absolute atomic E-state index is 12.1. The molecule has 108 valence electrons. The van der Waals surface area contributed by atoms with Crippen LogP contribution in [0.4, 0.5) is 5.69 Å². The highest BCUT2D eigenvalue weighted by atomic mass is 32.2. The van der Waals surface area contributed by atoms with Crippen LogP contribution in [0.2, 0.25) is 0 Å². The number of amides is 1. The van der Waals surface area contributed by atoms with E-state index in [4.69, 9.17) is 5.73 Å². The minimum Gasteiger partial charge on any atom is -0.323 e. The first kappa shape index (κ1) is 13.7. The molecule has 6 nitrogen and oxygen atoms in total. The van der Waals surface area contributed by atoms with E-state index in [0.29, 0.717) is 11.3 Å². The summed E-state index contributed by atoms with van der Waals surface area (Å²) >= 11 is 0. The Labute approximate surface area is 121 Å². The van der Waals surface area contributed by atoms with Crippen LogP contribution >= 0.6 is 0 Å². The number of aromatic nitrogens is 1. The Balaban J connectivity index is 1.93. The van der Waals surface area contributed by atoms with Crippen LogP contribution in [0, 0.1) is 0 Å². The molecular formula is C14H13N3O3S. The van der Waals surface area contributed by atoms with Crippen LogP contribution < -0.4 is 11.1 Å². The maximum atomic E-state index is 12.1. The zero-order chi connectivity index (χ0) is 15.0. The summed E-state index contributed by atoms with van der Waals surface area (Å²) in [5.41, 5.74) is 7.22. The molecule has 1 atom stereocenters. The Hall–Kier alpha value is -2.25. The van der Waals surface area contributed by atoms with Crippen molar-refractivity contribution in [2.75, 3.05) is 11.1 Å². The summed E-state index contributed by atoms with van der Waals surface area (Å²) < 4.78 is 24.0. The van der Waals surface area contributed by atoms with E-state index in [2.05, 4.69) is 10.3 Å². The van der Waals surface area contributed by atoms with E-state index in [9.17, 15) is 13.2 Å². The molecule has 1 amide bonds. The molecule has 0 saturated carbocycles. The highest BCUT2D eigenvalue weighted by Crippen LogP contribution is 2.32. The number of anilines is 1. The van der Waals surface area contributed by atoms with Crippen molar-refractivity contribution in [1.29, 1.82) is 0 Å². The van der Waals surface area contributed by atoms with Gasteiger partial charge in [0, 0.05) is 29.7 Å². The number of hydrogen-bond acceptors (Lipinski definition) is 5. The van der Waals surface area contributed by atoms with Gasteiger partial charge in [0.25, 0.3) is 5.91 Å². The standard InChI is InChI=1S/C14H13N3O3S/c15-12-8-21(19,20)13-7-9(1-2-11(12)13)14(18)17-10-3-5-16-6-4-10/h1-7,12H,8,15H2,(H,16,17,18)/t12-/m0/s1. The van der Waals surface area contributed by atoms with E-state index in [1.54, 1.807) is 36.7 Å². The summed E-state index contributed by atoms with van der Waals surface area (Å²) in [6.45, 7) is 0. The Morgan fingerprint density at radius 3 is 2.67 bits per heavy atom. The largest absolute Gasteiger partial charge is 0.323 e. The number of fused-ring (bicyclic) bond motifs is 1. The van der Waals surface area contributed by atoms with Crippen molar-refractivity contribution in [2.45, 2.75) is 10.9 Å². The summed E-state index contributed by atoms with van der Waals surface area (Å²) in [7, 11) is -3.40. The second-order valence-corrected chi connectivity index (χ2v) is 6.83. The first-order valence-electron chi connectivity index (χ1n) is 6.31. The first-order chi connectivity index (χ1) is 9.97. The molecular weight excluding hydrogens is 290 g/mol. The predicted octanol–water partition coefficient (Wildman–Crippen LogP) is 1.12. The molecule has 0 saturated heterocycles. The molecule has 0 fully saturated rings. The van der Waals surface area contributed by atoms with Gasteiger partial charge in [-0.15, -0.1) is 0 Å². The van der Waals surface area contributed by atoms with Crippen LogP contribution in [0.15, 0.2) is 47.6 Å². The van der Waals surface area contributed by atoms with Gasteiger partial charge in [0.05, 0.1) is 10.6 Å². The van der Waals surface area contributed by atoms with Crippen LogP contribution in [0.5, 0.6) is 0 Å². The third kappa shape index (κ3) is 2.53. The molecule has 0 radical (unpaired) electrons. The average Bonchev–Trinajstić information content (AvgIpc) is 2.69. The van der Waals surface area contributed by atoms with Crippen LogP contribution in [0.25, 0.3) is 0 Å². The minimum atomic E-state index is -3.40. The Morgan fingerprint density at radius 2 is 1.95 bits per heavy atom. The van der Waals surface area contributed by atoms with Crippen molar-refractivity contribution in [3.8, 4) is 0 Å². The molecule has 1 aromatic heterocycles. The topological polar surface area (TPSA) is 102 Å². The highest BCUT2D eigenvalue weighted by Gasteiger charge is 2.33.